The fourth-order valence-corrected chi connectivity index (χ4v) is 3.28. The van der Waals surface area contributed by atoms with Crippen molar-refractivity contribution in [3.63, 3.8) is 0 Å². The van der Waals surface area contributed by atoms with E-state index in [-0.39, 0.29) is 0 Å². The third-order valence-electron chi connectivity index (χ3n) is 4.04. The molecule has 0 aliphatic heterocycles. The van der Waals surface area contributed by atoms with E-state index < -0.39 is 0 Å². The monoisotopic (exact) mass is 217 g/mol. The van der Waals surface area contributed by atoms with E-state index in [0.29, 0.717) is 5.41 Å². The normalized spacial score (nSPS) is 19.6. The second-order valence-corrected chi connectivity index (χ2v) is 5.19. The summed E-state index contributed by atoms with van der Waals surface area (Å²) in [4.78, 5) is 0. The smallest absolute Gasteiger partial charge is 0.00802 e. The number of rotatable bonds is 3. The fourth-order valence-electron chi connectivity index (χ4n) is 3.28. The van der Waals surface area contributed by atoms with Crippen LogP contribution < -0.4 is 5.32 Å². The van der Waals surface area contributed by atoms with Gasteiger partial charge in [0.1, 0.15) is 0 Å². The Labute approximate surface area is 99.3 Å². The van der Waals surface area contributed by atoms with Crippen molar-refractivity contribution in [2.75, 3.05) is 13.6 Å². The Morgan fingerprint density at radius 3 is 2.44 bits per heavy atom. The van der Waals surface area contributed by atoms with Gasteiger partial charge in [0.25, 0.3) is 0 Å². The molecule has 1 aliphatic carbocycles. The molecule has 0 atom stereocenters. The van der Waals surface area contributed by atoms with Crippen molar-refractivity contribution in [1.29, 1.82) is 0 Å². The number of hydrogen-bond acceptors (Lipinski definition) is 1. The van der Waals surface area contributed by atoms with Crippen LogP contribution in [0.25, 0.3) is 0 Å². The third kappa shape index (κ3) is 2.15. The van der Waals surface area contributed by atoms with Crippen LogP contribution in [0.4, 0.5) is 0 Å². The lowest BCUT2D eigenvalue weighted by Gasteiger charge is -2.39. The van der Waals surface area contributed by atoms with E-state index in [2.05, 4.69) is 43.6 Å². The maximum atomic E-state index is 3.40. The number of benzene rings is 1. The third-order valence-corrected chi connectivity index (χ3v) is 4.04. The zero-order valence-electron chi connectivity index (χ0n) is 10.6. The van der Waals surface area contributed by atoms with Gasteiger partial charge in [0, 0.05) is 12.0 Å². The molecule has 0 bridgehead atoms. The molecule has 0 heterocycles. The van der Waals surface area contributed by atoms with E-state index in [1.54, 1.807) is 5.56 Å². The minimum atomic E-state index is 0.401. The molecule has 0 radical (unpaired) electrons. The highest BCUT2D eigenvalue weighted by molar-refractivity contribution is 5.34. The van der Waals surface area contributed by atoms with E-state index in [1.165, 1.54) is 37.7 Å². The molecule has 1 aliphatic rings. The van der Waals surface area contributed by atoms with E-state index >= 15 is 0 Å². The van der Waals surface area contributed by atoms with E-state index in [1.807, 2.05) is 0 Å². The van der Waals surface area contributed by atoms with Crippen LogP contribution in [0.5, 0.6) is 0 Å². The molecule has 0 saturated heterocycles. The standard InChI is InChI=1S/C15H23N/c1-13-8-4-5-9-14(13)15(12-16-2)10-6-3-7-11-15/h4-5,8-9,16H,3,6-7,10-12H2,1-2H3. The molecule has 0 aromatic heterocycles. The first-order valence-corrected chi connectivity index (χ1v) is 6.49. The second kappa shape index (κ2) is 5.01. The maximum Gasteiger partial charge on any atom is 0.00802 e. The van der Waals surface area contributed by atoms with E-state index in [4.69, 9.17) is 0 Å². The summed E-state index contributed by atoms with van der Waals surface area (Å²) in [5.41, 5.74) is 3.43. The van der Waals surface area contributed by atoms with Gasteiger partial charge in [-0.3, -0.25) is 0 Å². The molecule has 88 valence electrons. The highest BCUT2D eigenvalue weighted by Crippen LogP contribution is 2.40. The lowest BCUT2D eigenvalue weighted by Crippen LogP contribution is -2.39. The van der Waals surface area contributed by atoms with Gasteiger partial charge in [0.15, 0.2) is 0 Å². The molecular formula is C15H23N. The zero-order valence-corrected chi connectivity index (χ0v) is 10.6. The first-order chi connectivity index (χ1) is 7.78. The van der Waals surface area contributed by atoms with Crippen LogP contribution in [0.2, 0.25) is 0 Å². The molecule has 1 aromatic carbocycles. The van der Waals surface area contributed by atoms with Gasteiger partial charge in [0.2, 0.25) is 0 Å². The van der Waals surface area contributed by atoms with Gasteiger partial charge in [-0.05, 0) is 37.9 Å². The predicted molar refractivity (Wildman–Crippen MR) is 69.9 cm³/mol. The second-order valence-electron chi connectivity index (χ2n) is 5.19. The summed E-state index contributed by atoms with van der Waals surface area (Å²) < 4.78 is 0. The molecular weight excluding hydrogens is 194 g/mol. The van der Waals surface area contributed by atoms with Crippen molar-refractivity contribution in [3.8, 4) is 0 Å². The Kier molecular flexibility index (Phi) is 3.65. The Morgan fingerprint density at radius 2 is 1.81 bits per heavy atom. The van der Waals surface area contributed by atoms with Gasteiger partial charge in [-0.1, -0.05) is 43.5 Å². The highest BCUT2D eigenvalue weighted by atomic mass is 14.8. The average molecular weight is 217 g/mol. The van der Waals surface area contributed by atoms with Crippen molar-refractivity contribution >= 4 is 0 Å². The molecule has 1 aromatic rings. The van der Waals surface area contributed by atoms with E-state index in [0.717, 1.165) is 6.54 Å². The highest BCUT2D eigenvalue weighted by Gasteiger charge is 2.33. The number of nitrogens with one attached hydrogen (secondary N) is 1. The largest absolute Gasteiger partial charge is 0.319 e. The average Bonchev–Trinajstić information content (AvgIpc) is 2.31. The Hall–Kier alpha value is -0.820. The van der Waals surface area contributed by atoms with E-state index in [9.17, 15) is 0 Å². The van der Waals surface area contributed by atoms with Gasteiger partial charge in [0.05, 0.1) is 0 Å². The van der Waals surface area contributed by atoms with Gasteiger partial charge in [-0.25, -0.2) is 0 Å². The molecule has 2 rings (SSSR count). The topological polar surface area (TPSA) is 12.0 Å². The number of hydrogen-bond donors (Lipinski definition) is 1. The summed E-state index contributed by atoms with van der Waals surface area (Å²) in [6.45, 7) is 3.37. The quantitative estimate of drug-likeness (QED) is 0.818. The summed E-state index contributed by atoms with van der Waals surface area (Å²) in [5.74, 6) is 0. The van der Waals surface area contributed by atoms with Crippen LogP contribution in [-0.4, -0.2) is 13.6 Å². The van der Waals surface area contributed by atoms with Crippen molar-refractivity contribution in [2.45, 2.75) is 44.4 Å². The Balaban J connectivity index is 2.34. The van der Waals surface area contributed by atoms with Crippen LogP contribution in [0.3, 0.4) is 0 Å². The fraction of sp³-hybridized carbons (Fsp3) is 0.600. The number of aryl methyl sites for hydroxylation is 1. The molecule has 16 heavy (non-hydrogen) atoms. The maximum absolute atomic E-state index is 3.40. The Bertz CT molecular complexity index is 332. The molecule has 1 heteroatoms. The van der Waals surface area contributed by atoms with Gasteiger partial charge in [-0.15, -0.1) is 0 Å². The van der Waals surface area contributed by atoms with Crippen molar-refractivity contribution < 1.29 is 0 Å². The van der Waals surface area contributed by atoms with Crippen molar-refractivity contribution in [3.05, 3.63) is 35.4 Å². The summed E-state index contributed by atoms with van der Waals surface area (Å²) in [6.07, 6.45) is 6.88. The summed E-state index contributed by atoms with van der Waals surface area (Å²) in [7, 11) is 2.08. The molecule has 0 unspecified atom stereocenters. The summed E-state index contributed by atoms with van der Waals surface area (Å²) in [5, 5.41) is 3.40. The van der Waals surface area contributed by atoms with Crippen LogP contribution in [0, 0.1) is 6.92 Å². The molecule has 1 saturated carbocycles. The molecule has 0 spiro atoms. The van der Waals surface area contributed by atoms with Gasteiger partial charge >= 0.3 is 0 Å². The van der Waals surface area contributed by atoms with Gasteiger partial charge < -0.3 is 5.32 Å². The Morgan fingerprint density at radius 1 is 1.12 bits per heavy atom. The van der Waals surface area contributed by atoms with Crippen LogP contribution in [0.15, 0.2) is 24.3 Å². The lowest BCUT2D eigenvalue weighted by atomic mass is 9.68. The molecule has 1 fully saturated rings. The number of likely N-dealkylation sites (N-methyl/N-ethyl adjacent to an activating group) is 1. The molecule has 0 amide bonds. The first-order valence-electron chi connectivity index (χ1n) is 6.49. The first kappa shape index (κ1) is 11.7. The molecule has 1 N–H and O–H groups in total. The lowest BCUT2D eigenvalue weighted by molar-refractivity contribution is 0.285. The van der Waals surface area contributed by atoms with Gasteiger partial charge in [-0.2, -0.15) is 0 Å². The predicted octanol–water partition coefficient (Wildman–Crippen LogP) is 3.42. The minimum absolute atomic E-state index is 0.401. The minimum Gasteiger partial charge on any atom is -0.319 e. The summed E-state index contributed by atoms with van der Waals surface area (Å²) in [6, 6.07) is 8.92. The summed E-state index contributed by atoms with van der Waals surface area (Å²) >= 11 is 0. The zero-order chi connectivity index (χ0) is 11.4. The SMILES string of the molecule is CNCC1(c2ccccc2C)CCCCC1. The van der Waals surface area contributed by atoms with Crippen LogP contribution in [0.1, 0.15) is 43.2 Å². The van der Waals surface area contributed by atoms with Crippen molar-refractivity contribution in [2.24, 2.45) is 0 Å². The van der Waals surface area contributed by atoms with Crippen molar-refractivity contribution in [1.82, 2.24) is 5.32 Å². The van der Waals surface area contributed by atoms with Crippen LogP contribution >= 0.6 is 0 Å². The molecule has 1 nitrogen and oxygen atoms in total. The van der Waals surface area contributed by atoms with Crippen LogP contribution in [-0.2, 0) is 5.41 Å².